The molecule has 0 aromatic heterocycles. The fourth-order valence-electron chi connectivity index (χ4n) is 0.703. The van der Waals surface area contributed by atoms with Gasteiger partial charge in [0.15, 0.2) is 0 Å². The Hall–Kier alpha value is 0. The van der Waals surface area contributed by atoms with Crippen molar-refractivity contribution in [2.45, 2.75) is 3.92 Å². The van der Waals surface area contributed by atoms with Gasteiger partial charge in [0.1, 0.15) is 0 Å². The van der Waals surface area contributed by atoms with Gasteiger partial charge in [-0.25, -0.2) is 4.79 Å². The highest BCUT2D eigenvalue weighted by atomic mass is 127. The molecule has 1 saturated heterocycles. The minimum absolute atomic E-state index is 0.206. The van der Waals surface area contributed by atoms with E-state index < -0.39 is 0 Å². The normalized spacial score (nSPS) is 19.1. The van der Waals surface area contributed by atoms with Gasteiger partial charge in [0.25, 0.3) is 0 Å². The molecule has 3 nitrogen and oxygen atoms in total. The first kappa shape index (κ1) is 7.11. The average molecular weight is 241 g/mol. The smallest absolute Gasteiger partial charge is 0.409 e. The Morgan fingerprint density at radius 2 is 2.33 bits per heavy atom. The number of rotatable bonds is 0. The number of carbonyl (C=O) groups excluding carboxylic acids is 1. The lowest BCUT2D eigenvalue weighted by atomic mass is 10.2. The lowest BCUT2D eigenvalue weighted by Crippen LogP contribution is -2.50. The third-order valence-electron chi connectivity index (χ3n) is 1.27. The maximum Gasteiger partial charge on any atom is 0.409 e. The minimum atomic E-state index is -0.206. The molecule has 1 heterocycles. The summed E-state index contributed by atoms with van der Waals surface area (Å²) in [6.45, 7) is 1.68. The molecule has 52 valence electrons. The van der Waals surface area contributed by atoms with Crippen molar-refractivity contribution >= 4 is 28.7 Å². The summed E-state index contributed by atoms with van der Waals surface area (Å²) < 4.78 is 5.11. The number of amides is 1. The Labute approximate surface area is 67.5 Å². The minimum Gasteiger partial charge on any atom is -0.453 e. The predicted molar refractivity (Wildman–Crippen MR) is 41.8 cm³/mol. The monoisotopic (exact) mass is 241 g/mol. The summed E-state index contributed by atoms with van der Waals surface area (Å²) in [5, 5.41) is 0. The lowest BCUT2D eigenvalue weighted by molar-refractivity contribution is 0.104. The van der Waals surface area contributed by atoms with E-state index in [4.69, 9.17) is 0 Å². The van der Waals surface area contributed by atoms with Crippen LogP contribution in [0.15, 0.2) is 0 Å². The number of ether oxygens (including phenoxy) is 1. The number of alkyl halides is 1. The van der Waals surface area contributed by atoms with E-state index >= 15 is 0 Å². The van der Waals surface area contributed by atoms with Crippen LogP contribution in [0.25, 0.3) is 0 Å². The maximum absolute atomic E-state index is 10.6. The van der Waals surface area contributed by atoms with Gasteiger partial charge in [0.05, 0.1) is 7.11 Å². The van der Waals surface area contributed by atoms with E-state index in [1.54, 1.807) is 4.90 Å². The molecule has 1 fully saturated rings. The van der Waals surface area contributed by atoms with Crippen molar-refractivity contribution in [2.24, 2.45) is 0 Å². The third-order valence-corrected chi connectivity index (χ3v) is 2.06. The first-order valence-electron chi connectivity index (χ1n) is 2.71. The van der Waals surface area contributed by atoms with Crippen molar-refractivity contribution < 1.29 is 9.53 Å². The molecule has 0 unspecified atom stereocenters. The van der Waals surface area contributed by atoms with Crippen molar-refractivity contribution in [3.63, 3.8) is 0 Å². The largest absolute Gasteiger partial charge is 0.453 e. The number of halogens is 1. The Bertz CT molecular complexity index is 122. The Morgan fingerprint density at radius 1 is 1.78 bits per heavy atom. The summed E-state index contributed by atoms with van der Waals surface area (Å²) >= 11 is 2.31. The summed E-state index contributed by atoms with van der Waals surface area (Å²) in [4.78, 5) is 12.3. The van der Waals surface area contributed by atoms with Crippen molar-refractivity contribution in [1.82, 2.24) is 4.90 Å². The van der Waals surface area contributed by atoms with Gasteiger partial charge < -0.3 is 9.64 Å². The van der Waals surface area contributed by atoms with Gasteiger partial charge in [-0.3, -0.25) is 0 Å². The number of nitrogens with zero attached hydrogens (tertiary/aromatic N) is 1. The molecule has 1 amide bonds. The van der Waals surface area contributed by atoms with Gasteiger partial charge in [-0.1, -0.05) is 22.6 Å². The third kappa shape index (κ3) is 1.47. The van der Waals surface area contributed by atoms with E-state index in [1.165, 1.54) is 7.11 Å². The summed E-state index contributed by atoms with van der Waals surface area (Å²) in [7, 11) is 1.41. The van der Waals surface area contributed by atoms with Crippen LogP contribution in [-0.2, 0) is 4.74 Å². The summed E-state index contributed by atoms with van der Waals surface area (Å²) in [5.74, 6) is 0. The van der Waals surface area contributed by atoms with E-state index in [9.17, 15) is 4.79 Å². The molecule has 0 bridgehead atoms. The molecule has 1 rings (SSSR count). The molecule has 1 aliphatic heterocycles. The summed E-state index contributed by atoms with van der Waals surface area (Å²) in [6.07, 6.45) is -0.206. The quantitative estimate of drug-likeness (QED) is 0.465. The van der Waals surface area contributed by atoms with Crippen molar-refractivity contribution in [3.8, 4) is 0 Å². The average Bonchev–Trinajstić information content (AvgIpc) is 1.79. The zero-order chi connectivity index (χ0) is 6.85. The summed E-state index contributed by atoms with van der Waals surface area (Å²) in [6, 6.07) is 0. The first-order valence-corrected chi connectivity index (χ1v) is 3.95. The van der Waals surface area contributed by atoms with Gasteiger partial charge in [-0.05, 0) is 0 Å². The number of hydrogen-bond donors (Lipinski definition) is 0. The highest BCUT2D eigenvalue weighted by Crippen LogP contribution is 2.16. The van der Waals surface area contributed by atoms with E-state index in [-0.39, 0.29) is 6.09 Å². The molecule has 0 saturated carbocycles. The van der Waals surface area contributed by atoms with Crippen LogP contribution in [0.3, 0.4) is 0 Å². The number of carbonyl (C=O) groups is 1. The standard InChI is InChI=1S/C5H8INO2/c1-9-5(8)7-2-4(6)3-7/h4H,2-3H2,1H3. The van der Waals surface area contributed by atoms with Gasteiger partial charge >= 0.3 is 6.09 Å². The van der Waals surface area contributed by atoms with Gasteiger partial charge in [0, 0.05) is 17.0 Å². The van der Waals surface area contributed by atoms with Gasteiger partial charge in [-0.15, -0.1) is 0 Å². The van der Waals surface area contributed by atoms with Gasteiger partial charge in [-0.2, -0.15) is 0 Å². The van der Waals surface area contributed by atoms with Crippen LogP contribution < -0.4 is 0 Å². The molecule has 0 aliphatic carbocycles. The second-order valence-corrected chi connectivity index (χ2v) is 3.73. The second-order valence-electron chi connectivity index (χ2n) is 1.97. The fraction of sp³-hybridized carbons (Fsp3) is 0.800. The zero-order valence-electron chi connectivity index (χ0n) is 5.13. The molecule has 0 aromatic rings. The van der Waals surface area contributed by atoms with E-state index in [2.05, 4.69) is 27.3 Å². The Balaban J connectivity index is 2.23. The maximum atomic E-state index is 10.6. The van der Waals surface area contributed by atoms with E-state index in [0.717, 1.165) is 13.1 Å². The van der Waals surface area contributed by atoms with Crippen molar-refractivity contribution in [3.05, 3.63) is 0 Å². The van der Waals surface area contributed by atoms with Crippen LogP contribution in [0, 0.1) is 0 Å². The Kier molecular flexibility index (Phi) is 2.15. The van der Waals surface area contributed by atoms with Crippen molar-refractivity contribution in [2.75, 3.05) is 20.2 Å². The second kappa shape index (κ2) is 2.72. The number of hydrogen-bond acceptors (Lipinski definition) is 2. The molecular formula is C5H8INO2. The number of likely N-dealkylation sites (tertiary alicyclic amines) is 1. The van der Waals surface area contributed by atoms with Crippen LogP contribution in [0.4, 0.5) is 4.79 Å². The highest BCUT2D eigenvalue weighted by Gasteiger charge is 2.28. The topological polar surface area (TPSA) is 29.5 Å². The van der Waals surface area contributed by atoms with Crippen LogP contribution in [-0.4, -0.2) is 35.1 Å². The number of methoxy groups -OCH3 is 1. The molecular weight excluding hydrogens is 233 g/mol. The van der Waals surface area contributed by atoms with Crippen LogP contribution in [0.1, 0.15) is 0 Å². The molecule has 0 aromatic carbocycles. The van der Waals surface area contributed by atoms with Crippen LogP contribution in [0.2, 0.25) is 0 Å². The van der Waals surface area contributed by atoms with E-state index in [0.29, 0.717) is 3.92 Å². The molecule has 0 spiro atoms. The molecule has 0 N–H and O–H groups in total. The SMILES string of the molecule is COC(=O)N1CC(I)C1. The fourth-order valence-corrected chi connectivity index (χ4v) is 1.65. The molecule has 4 heteroatoms. The van der Waals surface area contributed by atoms with Crippen LogP contribution >= 0.6 is 22.6 Å². The van der Waals surface area contributed by atoms with Crippen LogP contribution in [0.5, 0.6) is 0 Å². The first-order chi connectivity index (χ1) is 4.24. The van der Waals surface area contributed by atoms with Gasteiger partial charge in [0.2, 0.25) is 0 Å². The Morgan fingerprint density at radius 3 is 2.67 bits per heavy atom. The summed E-state index contributed by atoms with van der Waals surface area (Å²) in [5.41, 5.74) is 0. The van der Waals surface area contributed by atoms with E-state index in [1.807, 2.05) is 0 Å². The molecule has 0 radical (unpaired) electrons. The zero-order valence-corrected chi connectivity index (χ0v) is 7.29. The molecule has 9 heavy (non-hydrogen) atoms. The molecule has 0 atom stereocenters. The highest BCUT2D eigenvalue weighted by molar-refractivity contribution is 14.1. The van der Waals surface area contributed by atoms with Crippen molar-refractivity contribution in [1.29, 1.82) is 0 Å². The molecule has 1 aliphatic rings. The lowest BCUT2D eigenvalue weighted by Gasteiger charge is -2.34. The predicted octanol–water partition coefficient (Wildman–Crippen LogP) is 0.872.